The van der Waals surface area contributed by atoms with Crippen molar-refractivity contribution in [2.24, 2.45) is 21.7 Å². The Labute approximate surface area is 692 Å². The van der Waals surface area contributed by atoms with Crippen molar-refractivity contribution in [2.45, 2.75) is 287 Å². The molecule has 9 rings (SSSR count). The maximum absolute atomic E-state index is 15.0. The summed E-state index contributed by atoms with van der Waals surface area (Å²) < 4.78 is 0. The van der Waals surface area contributed by atoms with Gasteiger partial charge in [-0.2, -0.15) is 0 Å². The monoisotopic (exact) mass is 1580 g/mol. The lowest BCUT2D eigenvalue weighted by Crippen LogP contribution is -2.31. The molecule has 0 spiro atoms. The van der Waals surface area contributed by atoms with Gasteiger partial charge in [-0.05, 0) is 124 Å². The number of carbonyl (C=O) groups excluding carboxylic acids is 4. The van der Waals surface area contributed by atoms with Gasteiger partial charge in [0.2, 0.25) is 23.6 Å². The number of aliphatic hydroxyl groups is 4. The fourth-order valence-electron chi connectivity index (χ4n) is 16.2. The molecule has 2 aliphatic heterocycles. The number of para-hydroxylation sites is 4. The van der Waals surface area contributed by atoms with E-state index >= 15 is 0 Å². The number of benzene rings is 4. The van der Waals surface area contributed by atoms with Crippen LogP contribution in [-0.4, -0.2) is 90.4 Å². The van der Waals surface area contributed by atoms with E-state index in [-0.39, 0.29) is 50.1 Å². The second-order valence-electron chi connectivity index (χ2n) is 35.2. The van der Waals surface area contributed by atoms with Crippen molar-refractivity contribution < 1.29 is 39.6 Å². The van der Waals surface area contributed by atoms with Crippen molar-refractivity contribution in [1.82, 2.24) is 19.9 Å². The largest absolute Gasteiger partial charge is 0.396 e. The first kappa shape index (κ1) is 91.1. The number of aromatic amines is 2. The van der Waals surface area contributed by atoms with Gasteiger partial charge in [0, 0.05) is 137 Å². The number of anilines is 4. The third-order valence-corrected chi connectivity index (χ3v) is 23.8. The standard InChI is InChI=1S/C100H138N8O8/c1-97(2,65-41-25-17-9-13-21-29-45-69-109)93(113)105-77-53-37-33-49-73(77)89-81-57-59-83(101-81)90(74-50-34-38-54-78(74)106-94(114)98(3,4)66-42-26-18-10-14-22-30-46-70-110)85-61-63-87(103-85)92(76-52-36-40-56-80(76)108-96(116)100(7,8)68-44-28-20-12-16-24-32-48-72-112)88-64-62-86(104-88)91(84-60-58-82(89)102-84)75-51-35-39-55-79(75)107-95(115)99(5,6)67-43-27-19-11-15-23-31-47-71-111/h33-40,49-64,101,104,109-112H,9-32,41-48,65-72H2,1-8H3,(H,105,113)(H,106,114)(H,107,115)(H,108,116). The molecule has 7 aromatic rings. The van der Waals surface area contributed by atoms with Crippen LogP contribution < -0.4 is 21.3 Å². The predicted octanol–water partition coefficient (Wildman–Crippen LogP) is 25.2. The molecule has 0 radical (unpaired) electrons. The van der Waals surface area contributed by atoms with Crippen LogP contribution in [0.2, 0.25) is 0 Å². The van der Waals surface area contributed by atoms with E-state index in [1.54, 1.807) is 0 Å². The molecule has 0 aliphatic carbocycles. The van der Waals surface area contributed by atoms with Crippen LogP contribution in [0, 0.1) is 21.7 Å². The molecule has 16 nitrogen and oxygen atoms in total. The molecule has 0 saturated carbocycles. The summed E-state index contributed by atoms with van der Waals surface area (Å²) in [6, 6.07) is 40.0. The third kappa shape index (κ3) is 26.6. The van der Waals surface area contributed by atoms with Gasteiger partial charge in [-0.15, -0.1) is 0 Å². The van der Waals surface area contributed by atoms with Crippen molar-refractivity contribution in [3.8, 4) is 44.5 Å². The molecule has 4 aromatic carbocycles. The number of aliphatic hydroxyl groups excluding tert-OH is 4. The lowest BCUT2D eigenvalue weighted by atomic mass is 9.85. The number of amides is 4. The average Bonchev–Trinajstić information content (AvgIpc) is 1.60. The highest BCUT2D eigenvalue weighted by Crippen LogP contribution is 2.45. The van der Waals surface area contributed by atoms with E-state index in [1.165, 1.54) is 0 Å². The van der Waals surface area contributed by atoms with Crippen molar-refractivity contribution in [3.63, 3.8) is 0 Å². The molecule has 8 bridgehead atoms. The van der Waals surface area contributed by atoms with Gasteiger partial charge in [0.1, 0.15) is 0 Å². The Morgan fingerprint density at radius 2 is 0.431 bits per heavy atom. The Hall–Kier alpha value is -8.80. The maximum atomic E-state index is 15.0. The number of hydrogen-bond donors (Lipinski definition) is 10. The zero-order chi connectivity index (χ0) is 82.8. The van der Waals surface area contributed by atoms with E-state index in [9.17, 15) is 39.6 Å². The lowest BCUT2D eigenvalue weighted by Gasteiger charge is -2.25. The number of nitrogens with one attached hydrogen (secondary N) is 6. The fourth-order valence-corrected chi connectivity index (χ4v) is 16.2. The van der Waals surface area contributed by atoms with Gasteiger partial charge in [0.15, 0.2) is 0 Å². The fraction of sp³-hybridized carbons (Fsp3) is 0.520. The van der Waals surface area contributed by atoms with Gasteiger partial charge in [0.05, 0.1) is 22.8 Å². The molecule has 10 N–H and O–H groups in total. The Kier molecular flexibility index (Phi) is 36.4. The molecule has 16 heteroatoms. The molecule has 0 unspecified atom stereocenters. The summed E-state index contributed by atoms with van der Waals surface area (Å²) in [5.41, 5.74) is 10.8. The summed E-state index contributed by atoms with van der Waals surface area (Å²) in [6.45, 7) is 17.2. The number of H-pyrrole nitrogens is 2. The lowest BCUT2D eigenvalue weighted by molar-refractivity contribution is -0.125. The molecule has 3 aromatic heterocycles. The number of hydrogen-bond acceptors (Lipinski definition) is 10. The minimum absolute atomic E-state index is 0.0895. The molecule has 116 heavy (non-hydrogen) atoms. The molecule has 4 amide bonds. The van der Waals surface area contributed by atoms with Crippen LogP contribution in [0.25, 0.3) is 90.9 Å². The van der Waals surface area contributed by atoms with E-state index in [2.05, 4.69) is 55.5 Å². The van der Waals surface area contributed by atoms with Crippen LogP contribution in [-0.2, 0) is 19.2 Å². The van der Waals surface area contributed by atoms with Crippen molar-refractivity contribution in [3.05, 3.63) is 144 Å². The van der Waals surface area contributed by atoms with Crippen LogP contribution >= 0.6 is 0 Å². The van der Waals surface area contributed by atoms with Gasteiger partial charge in [-0.25, -0.2) is 9.97 Å². The van der Waals surface area contributed by atoms with Gasteiger partial charge in [0.25, 0.3) is 0 Å². The quantitative estimate of drug-likeness (QED) is 0.0161. The second-order valence-corrected chi connectivity index (χ2v) is 35.2. The van der Waals surface area contributed by atoms with Gasteiger partial charge in [-0.3, -0.25) is 19.2 Å². The van der Waals surface area contributed by atoms with Gasteiger partial charge >= 0.3 is 0 Å². The number of carbonyl (C=O) groups is 4. The summed E-state index contributed by atoms with van der Waals surface area (Å²) in [6.07, 6.45) is 44.3. The highest BCUT2D eigenvalue weighted by atomic mass is 16.3. The average molecular weight is 1580 g/mol. The minimum atomic E-state index is -0.705. The smallest absolute Gasteiger partial charge is 0.230 e. The summed E-state index contributed by atoms with van der Waals surface area (Å²) in [7, 11) is 0. The first-order chi connectivity index (χ1) is 56.1. The Bertz CT molecular complexity index is 3980. The van der Waals surface area contributed by atoms with Crippen LogP contribution in [0.3, 0.4) is 0 Å². The molecule has 0 atom stereocenters. The Balaban J connectivity index is 1.23. The maximum Gasteiger partial charge on any atom is 0.230 e. The number of unbranched alkanes of at least 4 members (excludes halogenated alkanes) is 28. The molecule has 0 fully saturated rings. The number of aromatic nitrogens is 4. The van der Waals surface area contributed by atoms with Crippen molar-refractivity contribution in [1.29, 1.82) is 0 Å². The topological polar surface area (TPSA) is 255 Å². The number of nitrogens with zero attached hydrogens (tertiary/aromatic N) is 2. The van der Waals surface area contributed by atoms with Crippen LogP contribution in [0.5, 0.6) is 0 Å². The highest BCUT2D eigenvalue weighted by molar-refractivity contribution is 6.09. The summed E-state index contributed by atoms with van der Waals surface area (Å²) >= 11 is 0. The zero-order valence-electron chi connectivity index (χ0n) is 71.5. The molecular formula is C100H138N8O8. The van der Waals surface area contributed by atoms with E-state index in [1.807, 2.05) is 177 Å². The van der Waals surface area contributed by atoms with Gasteiger partial charge in [-0.1, -0.05) is 308 Å². The summed E-state index contributed by atoms with van der Waals surface area (Å²) in [5, 5.41) is 50.9. The normalized spacial score (nSPS) is 12.4. The number of rotatable bonds is 52. The molecular weight excluding hydrogens is 1440 g/mol. The van der Waals surface area contributed by atoms with Crippen LogP contribution in [0.15, 0.2) is 121 Å². The SMILES string of the molecule is CC(C)(CCCCCCCCCCO)C(=O)Nc1ccccc1-c1c2nc(c(-c3ccccc3NC(=O)C(C)(C)CCCCCCCCCCO)c3ccc([nH]3)c(-c3ccccc3NC(=O)C(C)(C)CCCCCCCCCCO)c3nc(c(-c4ccccc4NC(=O)C(C)(C)CCCCCCCCCCO)c4ccc1[nH]4)C=C3)C=C2. The molecule has 5 heterocycles. The Morgan fingerprint density at radius 3 is 0.621 bits per heavy atom. The van der Waals surface area contributed by atoms with E-state index < -0.39 is 21.7 Å². The van der Waals surface area contributed by atoms with Crippen LogP contribution in [0.1, 0.15) is 309 Å². The first-order valence-corrected chi connectivity index (χ1v) is 44.3. The van der Waals surface area contributed by atoms with Crippen LogP contribution in [0.4, 0.5) is 22.7 Å². The summed E-state index contributed by atoms with van der Waals surface area (Å²) in [4.78, 5) is 79.2. The zero-order valence-corrected chi connectivity index (χ0v) is 71.5. The highest BCUT2D eigenvalue weighted by Gasteiger charge is 2.33. The Morgan fingerprint density at radius 1 is 0.259 bits per heavy atom. The van der Waals surface area contributed by atoms with E-state index in [4.69, 9.17) is 9.97 Å². The van der Waals surface area contributed by atoms with E-state index in [0.29, 0.717) is 93.3 Å². The molecule has 0 saturated heterocycles. The van der Waals surface area contributed by atoms with E-state index in [0.717, 1.165) is 250 Å². The first-order valence-electron chi connectivity index (χ1n) is 44.3. The molecule has 2 aliphatic rings. The summed E-state index contributed by atoms with van der Waals surface area (Å²) in [5.74, 6) is -0.358. The molecule has 626 valence electrons. The third-order valence-electron chi connectivity index (χ3n) is 23.8. The number of fused-ring (bicyclic) bond motifs is 8. The second kappa shape index (κ2) is 46.4. The minimum Gasteiger partial charge on any atom is -0.396 e. The van der Waals surface area contributed by atoms with Crippen molar-refractivity contribution in [2.75, 3.05) is 47.7 Å². The van der Waals surface area contributed by atoms with Crippen molar-refractivity contribution >= 4 is 92.7 Å². The predicted molar refractivity (Wildman–Crippen MR) is 485 cm³/mol. The van der Waals surface area contributed by atoms with Gasteiger partial charge < -0.3 is 51.7 Å².